The molecule has 2 heterocycles. The number of aldehydes is 1. The summed E-state index contributed by atoms with van der Waals surface area (Å²) in [5.74, 6) is -0.124. The highest BCUT2D eigenvalue weighted by molar-refractivity contribution is 7.13. The van der Waals surface area contributed by atoms with E-state index in [9.17, 15) is 9.59 Å². The first-order valence-corrected chi connectivity index (χ1v) is 12.0. The molecular weight excluding hydrogens is 434 g/mol. The van der Waals surface area contributed by atoms with Crippen LogP contribution in [0.3, 0.4) is 0 Å². The van der Waals surface area contributed by atoms with E-state index in [1.54, 1.807) is 6.20 Å². The molecular formula is C25H29N5O2S. The summed E-state index contributed by atoms with van der Waals surface area (Å²) >= 11 is 1.39. The van der Waals surface area contributed by atoms with Gasteiger partial charge in [0.15, 0.2) is 5.13 Å². The van der Waals surface area contributed by atoms with Crippen molar-refractivity contribution in [1.82, 2.24) is 15.2 Å². The van der Waals surface area contributed by atoms with Gasteiger partial charge in [-0.3, -0.25) is 14.5 Å². The molecule has 1 aromatic heterocycles. The fourth-order valence-electron chi connectivity index (χ4n) is 3.92. The number of rotatable bonds is 8. The summed E-state index contributed by atoms with van der Waals surface area (Å²) in [6, 6.07) is 14.1. The van der Waals surface area contributed by atoms with E-state index >= 15 is 0 Å². The van der Waals surface area contributed by atoms with E-state index in [1.807, 2.05) is 42.5 Å². The van der Waals surface area contributed by atoms with Gasteiger partial charge in [0.1, 0.15) is 6.29 Å². The maximum Gasteiger partial charge on any atom is 0.243 e. The number of anilines is 2. The van der Waals surface area contributed by atoms with Crippen LogP contribution in [0.1, 0.15) is 22.8 Å². The zero-order valence-corrected chi connectivity index (χ0v) is 19.8. The van der Waals surface area contributed by atoms with E-state index in [1.165, 1.54) is 17.0 Å². The topological polar surface area (TPSA) is 77.6 Å². The van der Waals surface area contributed by atoms with Gasteiger partial charge in [0, 0.05) is 55.6 Å². The summed E-state index contributed by atoms with van der Waals surface area (Å²) < 4.78 is 0. The normalized spacial score (nSPS) is 14.8. The molecule has 8 heteroatoms. The lowest BCUT2D eigenvalue weighted by Crippen LogP contribution is -2.43. The molecule has 2 aromatic carbocycles. The number of benzene rings is 2. The fourth-order valence-corrected chi connectivity index (χ4v) is 4.45. The molecule has 1 aliphatic heterocycles. The average molecular weight is 464 g/mol. The van der Waals surface area contributed by atoms with Gasteiger partial charge in [0.05, 0.1) is 6.04 Å². The Balaban J connectivity index is 1.44. The number of aromatic nitrogens is 1. The maximum atomic E-state index is 12.5. The van der Waals surface area contributed by atoms with Gasteiger partial charge in [0.25, 0.3) is 0 Å². The summed E-state index contributed by atoms with van der Waals surface area (Å²) in [6.45, 7) is 6.37. The molecule has 0 bridgehead atoms. The van der Waals surface area contributed by atoms with Crippen molar-refractivity contribution in [2.75, 3.05) is 43.4 Å². The highest BCUT2D eigenvalue weighted by Crippen LogP contribution is 2.26. The van der Waals surface area contributed by atoms with E-state index in [-0.39, 0.29) is 11.9 Å². The molecule has 1 saturated heterocycles. The van der Waals surface area contributed by atoms with Crippen LogP contribution in [0.25, 0.3) is 11.1 Å². The third-order valence-electron chi connectivity index (χ3n) is 6.08. The molecule has 1 amide bonds. The Morgan fingerprint density at radius 3 is 2.61 bits per heavy atom. The van der Waals surface area contributed by atoms with Crippen LogP contribution in [0.4, 0.5) is 10.8 Å². The maximum absolute atomic E-state index is 12.5. The van der Waals surface area contributed by atoms with E-state index < -0.39 is 0 Å². The minimum Gasteiger partial charge on any atom is -0.369 e. The Morgan fingerprint density at radius 1 is 1.21 bits per heavy atom. The average Bonchev–Trinajstić information content (AvgIpc) is 3.37. The zero-order valence-electron chi connectivity index (χ0n) is 19.0. The number of carbonyl (C=O) groups excluding carboxylic acids is 2. The van der Waals surface area contributed by atoms with Gasteiger partial charge in [0.2, 0.25) is 5.91 Å². The molecule has 172 valence electrons. The van der Waals surface area contributed by atoms with Crippen molar-refractivity contribution in [2.24, 2.45) is 0 Å². The molecule has 0 spiro atoms. The minimum atomic E-state index is -0.370. The predicted octanol–water partition coefficient (Wildman–Crippen LogP) is 3.49. The van der Waals surface area contributed by atoms with Crippen LogP contribution in [-0.4, -0.2) is 61.3 Å². The molecule has 0 aliphatic carbocycles. The van der Waals surface area contributed by atoms with Crippen LogP contribution in [0.15, 0.2) is 54.0 Å². The summed E-state index contributed by atoms with van der Waals surface area (Å²) in [5, 5.41) is 8.60. The Labute approximate surface area is 198 Å². The number of hydrogen-bond donors (Lipinski definition) is 2. The van der Waals surface area contributed by atoms with Crippen molar-refractivity contribution >= 4 is 34.3 Å². The van der Waals surface area contributed by atoms with Crippen molar-refractivity contribution in [2.45, 2.75) is 19.5 Å². The fraction of sp³-hybridized carbons (Fsp3) is 0.320. The molecule has 2 N–H and O–H groups in total. The van der Waals surface area contributed by atoms with Gasteiger partial charge in [-0.05, 0) is 48.9 Å². The Hall–Kier alpha value is -3.07. The van der Waals surface area contributed by atoms with E-state index in [2.05, 4.69) is 44.8 Å². The third kappa shape index (κ3) is 5.65. The van der Waals surface area contributed by atoms with Crippen LogP contribution in [-0.2, 0) is 11.3 Å². The number of piperazine rings is 1. The van der Waals surface area contributed by atoms with Gasteiger partial charge < -0.3 is 15.5 Å². The van der Waals surface area contributed by atoms with Gasteiger partial charge in [-0.1, -0.05) is 24.3 Å². The van der Waals surface area contributed by atoms with Gasteiger partial charge in [-0.2, -0.15) is 0 Å². The molecule has 4 rings (SSSR count). The molecule has 7 nitrogen and oxygen atoms in total. The number of nitrogens with one attached hydrogen (secondary N) is 2. The first-order chi connectivity index (χ1) is 16.0. The lowest BCUT2D eigenvalue weighted by Gasteiger charge is -2.29. The van der Waals surface area contributed by atoms with Crippen LogP contribution < -0.4 is 15.5 Å². The number of carbonyl (C=O) groups is 2. The molecule has 1 unspecified atom stereocenters. The molecule has 1 fully saturated rings. The first kappa shape index (κ1) is 23.1. The standard InChI is InChI=1S/C25H29N5O2S/c1-18(24(32)28-25-27-11-14-33-25)29(2)16-21-4-3-20(15-22(21)17-31)19-5-7-23(8-6-19)30-12-9-26-10-13-30/h3-8,11,14-15,17-18,26H,9-10,12-13,16H2,1-2H3,(H,27,28,32). The molecule has 0 saturated carbocycles. The van der Waals surface area contributed by atoms with E-state index in [0.29, 0.717) is 17.2 Å². The second-order valence-electron chi connectivity index (χ2n) is 8.23. The first-order valence-electron chi connectivity index (χ1n) is 11.1. The second kappa shape index (κ2) is 10.7. The zero-order chi connectivity index (χ0) is 23.2. The van der Waals surface area contributed by atoms with Gasteiger partial charge in [-0.15, -0.1) is 11.3 Å². The third-order valence-corrected chi connectivity index (χ3v) is 6.77. The smallest absolute Gasteiger partial charge is 0.243 e. The van der Waals surface area contributed by atoms with Crippen molar-refractivity contribution in [3.05, 3.63) is 65.2 Å². The number of likely N-dealkylation sites (N-methyl/N-ethyl adjacent to an activating group) is 1. The van der Waals surface area contributed by atoms with E-state index in [0.717, 1.165) is 49.2 Å². The number of hydrogen-bond acceptors (Lipinski definition) is 7. The predicted molar refractivity (Wildman–Crippen MR) is 134 cm³/mol. The van der Waals surface area contributed by atoms with Crippen LogP contribution in [0.2, 0.25) is 0 Å². The minimum absolute atomic E-state index is 0.124. The highest BCUT2D eigenvalue weighted by atomic mass is 32.1. The lowest BCUT2D eigenvalue weighted by molar-refractivity contribution is -0.120. The number of amides is 1. The van der Waals surface area contributed by atoms with Crippen molar-refractivity contribution in [1.29, 1.82) is 0 Å². The largest absolute Gasteiger partial charge is 0.369 e. The number of nitrogens with zero attached hydrogens (tertiary/aromatic N) is 3. The Kier molecular flexibility index (Phi) is 7.49. The van der Waals surface area contributed by atoms with Crippen LogP contribution in [0.5, 0.6) is 0 Å². The van der Waals surface area contributed by atoms with Gasteiger partial charge >= 0.3 is 0 Å². The molecule has 1 aliphatic rings. The summed E-state index contributed by atoms with van der Waals surface area (Å²) in [4.78, 5) is 32.8. The van der Waals surface area contributed by atoms with Crippen molar-refractivity contribution < 1.29 is 9.59 Å². The molecule has 0 radical (unpaired) electrons. The molecule has 1 atom stereocenters. The van der Waals surface area contributed by atoms with Crippen LogP contribution in [0, 0.1) is 0 Å². The summed E-state index contributed by atoms with van der Waals surface area (Å²) in [6.07, 6.45) is 2.55. The SMILES string of the molecule is CC(C(=O)Nc1nccs1)N(C)Cc1ccc(-c2ccc(N3CCNCC3)cc2)cc1C=O. The molecule has 33 heavy (non-hydrogen) atoms. The van der Waals surface area contributed by atoms with Crippen molar-refractivity contribution in [3.8, 4) is 11.1 Å². The van der Waals surface area contributed by atoms with E-state index in [4.69, 9.17) is 0 Å². The van der Waals surface area contributed by atoms with Crippen LogP contribution >= 0.6 is 11.3 Å². The quantitative estimate of drug-likeness (QED) is 0.498. The number of thiazole rings is 1. The van der Waals surface area contributed by atoms with Crippen molar-refractivity contribution in [3.63, 3.8) is 0 Å². The highest BCUT2D eigenvalue weighted by Gasteiger charge is 2.20. The monoisotopic (exact) mass is 463 g/mol. The lowest BCUT2D eigenvalue weighted by atomic mass is 9.99. The summed E-state index contributed by atoms with van der Waals surface area (Å²) in [7, 11) is 1.88. The second-order valence-corrected chi connectivity index (χ2v) is 9.13. The Morgan fingerprint density at radius 2 is 1.94 bits per heavy atom. The molecule has 3 aromatic rings. The van der Waals surface area contributed by atoms with Gasteiger partial charge in [-0.25, -0.2) is 4.98 Å². The summed E-state index contributed by atoms with van der Waals surface area (Å²) in [5.41, 5.74) is 4.83. The Bertz CT molecular complexity index is 1080.